The molecular weight excluding hydrogens is 466 g/mol. The number of rotatable bonds is 8. The van der Waals surface area contributed by atoms with Gasteiger partial charge in [-0.05, 0) is 55.0 Å². The summed E-state index contributed by atoms with van der Waals surface area (Å²) in [6.07, 6.45) is 0.641. The van der Waals surface area contributed by atoms with Crippen LogP contribution in [0.3, 0.4) is 0 Å². The van der Waals surface area contributed by atoms with Crippen LogP contribution >= 0.6 is 11.6 Å². The first-order valence-corrected chi connectivity index (χ1v) is 12.2. The second-order valence-electron chi connectivity index (χ2n) is 9.99. The zero-order valence-corrected chi connectivity index (χ0v) is 22.0. The van der Waals surface area contributed by atoms with Crippen molar-refractivity contribution in [2.75, 3.05) is 20.3 Å². The number of methoxy groups -OCH3 is 1. The fraction of sp³-hybridized carbons (Fsp3) is 0.429. The van der Waals surface area contributed by atoms with Gasteiger partial charge < -0.3 is 19.5 Å². The van der Waals surface area contributed by atoms with E-state index in [0.29, 0.717) is 35.9 Å². The van der Waals surface area contributed by atoms with Gasteiger partial charge in [-0.2, -0.15) is 0 Å². The van der Waals surface area contributed by atoms with Crippen molar-refractivity contribution in [3.63, 3.8) is 0 Å². The number of carbonyl (C=O) groups is 2. The van der Waals surface area contributed by atoms with Crippen molar-refractivity contribution >= 4 is 29.1 Å². The normalized spacial score (nSPS) is 17.9. The fourth-order valence-corrected chi connectivity index (χ4v) is 4.33. The van der Waals surface area contributed by atoms with Crippen LogP contribution in [0.25, 0.3) is 5.76 Å². The highest BCUT2D eigenvalue weighted by molar-refractivity contribution is 6.46. The van der Waals surface area contributed by atoms with Gasteiger partial charge in [0, 0.05) is 18.7 Å². The Morgan fingerprint density at radius 3 is 2.34 bits per heavy atom. The second kappa shape index (κ2) is 10.8. The summed E-state index contributed by atoms with van der Waals surface area (Å²) in [7, 11) is 1.47. The molecule has 2 aromatic rings. The lowest BCUT2D eigenvalue weighted by atomic mass is 9.85. The van der Waals surface area contributed by atoms with Crippen LogP contribution in [0.4, 0.5) is 0 Å². The lowest BCUT2D eigenvalue weighted by Gasteiger charge is -2.26. The molecule has 0 aliphatic carbocycles. The smallest absolute Gasteiger partial charge is 0.295 e. The highest BCUT2D eigenvalue weighted by Crippen LogP contribution is 2.41. The van der Waals surface area contributed by atoms with E-state index >= 15 is 0 Å². The number of carbonyl (C=O) groups excluding carboxylic acids is 2. The van der Waals surface area contributed by atoms with Crippen molar-refractivity contribution in [3.8, 4) is 5.75 Å². The summed E-state index contributed by atoms with van der Waals surface area (Å²) in [5, 5.41) is 11.6. The van der Waals surface area contributed by atoms with Crippen molar-refractivity contribution < 1.29 is 24.2 Å². The molecule has 7 heteroatoms. The molecule has 0 spiro atoms. The summed E-state index contributed by atoms with van der Waals surface area (Å²) in [6, 6.07) is 11.9. The molecule has 1 fully saturated rings. The lowest BCUT2D eigenvalue weighted by Crippen LogP contribution is -2.31. The summed E-state index contributed by atoms with van der Waals surface area (Å²) in [4.78, 5) is 27.8. The Morgan fingerprint density at radius 2 is 1.77 bits per heavy atom. The molecule has 1 N–H and O–H groups in total. The highest BCUT2D eigenvalue weighted by Gasteiger charge is 2.45. The molecule has 1 atom stereocenters. The van der Waals surface area contributed by atoms with Crippen LogP contribution in [0.1, 0.15) is 63.8 Å². The van der Waals surface area contributed by atoms with Crippen LogP contribution in [-0.4, -0.2) is 48.1 Å². The summed E-state index contributed by atoms with van der Waals surface area (Å²) < 4.78 is 10.9. The largest absolute Gasteiger partial charge is 0.507 e. The van der Waals surface area contributed by atoms with Crippen LogP contribution in [0.15, 0.2) is 48.0 Å². The van der Waals surface area contributed by atoms with E-state index < -0.39 is 17.7 Å². The van der Waals surface area contributed by atoms with Gasteiger partial charge in [0.15, 0.2) is 0 Å². The van der Waals surface area contributed by atoms with E-state index in [4.69, 9.17) is 21.1 Å². The number of aliphatic hydroxyl groups is 1. The first-order valence-electron chi connectivity index (χ1n) is 11.8. The summed E-state index contributed by atoms with van der Waals surface area (Å²) in [6.45, 7) is 11.0. The predicted octanol–water partition coefficient (Wildman–Crippen LogP) is 5.88. The molecule has 2 aromatic carbocycles. The molecule has 6 nitrogen and oxygen atoms in total. The average molecular weight is 500 g/mol. The van der Waals surface area contributed by atoms with E-state index in [2.05, 4.69) is 20.8 Å². The van der Waals surface area contributed by atoms with Gasteiger partial charge in [0.25, 0.3) is 11.7 Å². The van der Waals surface area contributed by atoms with E-state index in [1.165, 1.54) is 12.0 Å². The number of halogens is 1. The standard InChI is InChI=1S/C28H34ClNO5/c1-17(2)35-15-7-14-30-24(18-8-11-20(12-9-18)28(3,4)5)23(26(32)27(30)33)25(31)19-10-13-21(29)22(16-19)34-6/h8-13,16-17,24,31H,7,14-15H2,1-6H3/b25-23-. The Labute approximate surface area is 212 Å². The van der Waals surface area contributed by atoms with E-state index in [1.807, 2.05) is 38.1 Å². The summed E-state index contributed by atoms with van der Waals surface area (Å²) >= 11 is 6.14. The molecule has 0 bridgehead atoms. The molecule has 1 aliphatic heterocycles. The number of likely N-dealkylation sites (tertiary alicyclic amines) is 1. The Morgan fingerprint density at radius 1 is 1.11 bits per heavy atom. The number of aliphatic hydroxyl groups excluding tert-OH is 1. The third-order valence-corrected chi connectivity index (χ3v) is 6.36. The Bertz CT molecular complexity index is 1120. The monoisotopic (exact) mass is 499 g/mol. The number of hydrogen-bond acceptors (Lipinski definition) is 5. The number of amides is 1. The minimum atomic E-state index is -0.718. The molecule has 1 unspecified atom stereocenters. The summed E-state index contributed by atoms with van der Waals surface area (Å²) in [5.41, 5.74) is 2.24. The van der Waals surface area contributed by atoms with E-state index in [-0.39, 0.29) is 22.9 Å². The lowest BCUT2D eigenvalue weighted by molar-refractivity contribution is -0.140. The molecule has 35 heavy (non-hydrogen) atoms. The van der Waals surface area contributed by atoms with Crippen molar-refractivity contribution in [2.24, 2.45) is 0 Å². The average Bonchev–Trinajstić information content (AvgIpc) is 3.06. The van der Waals surface area contributed by atoms with Crippen molar-refractivity contribution in [1.82, 2.24) is 4.90 Å². The van der Waals surface area contributed by atoms with Crippen LogP contribution in [0, 0.1) is 0 Å². The SMILES string of the molecule is COc1cc(/C(O)=C2/C(=O)C(=O)N(CCCOC(C)C)C2c2ccc(C(C)(C)C)cc2)ccc1Cl. The minimum absolute atomic E-state index is 0.0472. The Kier molecular flexibility index (Phi) is 8.29. The van der Waals surface area contributed by atoms with Gasteiger partial charge in [-0.1, -0.05) is 56.6 Å². The van der Waals surface area contributed by atoms with Crippen molar-refractivity contribution in [1.29, 1.82) is 0 Å². The van der Waals surface area contributed by atoms with E-state index in [0.717, 1.165) is 11.1 Å². The molecule has 3 rings (SSSR count). The first kappa shape index (κ1) is 26.8. The first-order chi connectivity index (χ1) is 16.5. The number of nitrogens with zero attached hydrogens (tertiary/aromatic N) is 1. The molecule has 1 aliphatic rings. The van der Waals surface area contributed by atoms with Gasteiger partial charge in [-0.3, -0.25) is 9.59 Å². The third-order valence-electron chi connectivity index (χ3n) is 6.05. The van der Waals surface area contributed by atoms with Gasteiger partial charge >= 0.3 is 0 Å². The number of ether oxygens (including phenoxy) is 2. The molecule has 1 heterocycles. The van der Waals surface area contributed by atoms with Gasteiger partial charge in [-0.25, -0.2) is 0 Å². The molecule has 0 saturated carbocycles. The van der Waals surface area contributed by atoms with Crippen molar-refractivity contribution in [2.45, 2.75) is 58.6 Å². The maximum absolute atomic E-state index is 13.2. The third kappa shape index (κ3) is 5.88. The Hall–Kier alpha value is -2.83. The van der Waals surface area contributed by atoms with Gasteiger partial charge in [0.2, 0.25) is 0 Å². The molecule has 0 aromatic heterocycles. The van der Waals surface area contributed by atoms with E-state index in [1.54, 1.807) is 18.2 Å². The topological polar surface area (TPSA) is 76.1 Å². The fourth-order valence-electron chi connectivity index (χ4n) is 4.14. The van der Waals surface area contributed by atoms with Gasteiger partial charge in [-0.15, -0.1) is 0 Å². The predicted molar refractivity (Wildman–Crippen MR) is 138 cm³/mol. The molecular formula is C28H34ClNO5. The van der Waals surface area contributed by atoms with Gasteiger partial charge in [0.1, 0.15) is 11.5 Å². The number of hydrogen-bond donors (Lipinski definition) is 1. The highest BCUT2D eigenvalue weighted by atomic mass is 35.5. The maximum atomic E-state index is 13.2. The number of ketones is 1. The van der Waals surface area contributed by atoms with Crippen LogP contribution in [-0.2, 0) is 19.7 Å². The molecule has 1 saturated heterocycles. The minimum Gasteiger partial charge on any atom is -0.507 e. The van der Waals surface area contributed by atoms with Crippen molar-refractivity contribution in [3.05, 3.63) is 69.8 Å². The zero-order valence-electron chi connectivity index (χ0n) is 21.2. The number of benzene rings is 2. The number of Topliss-reactive ketones (excluding diaryl/α,β-unsaturated/α-hetero) is 1. The summed E-state index contributed by atoms with van der Waals surface area (Å²) in [5.74, 6) is -1.25. The quantitative estimate of drug-likeness (QED) is 0.212. The second-order valence-corrected chi connectivity index (χ2v) is 10.4. The van der Waals surface area contributed by atoms with Gasteiger partial charge in [0.05, 0.1) is 29.9 Å². The van der Waals surface area contributed by atoms with Crippen LogP contribution in [0.5, 0.6) is 5.75 Å². The zero-order chi connectivity index (χ0) is 25.9. The maximum Gasteiger partial charge on any atom is 0.295 e. The Balaban J connectivity index is 2.08. The van der Waals surface area contributed by atoms with E-state index in [9.17, 15) is 14.7 Å². The molecule has 188 valence electrons. The molecule has 0 radical (unpaired) electrons. The van der Waals surface area contributed by atoms with Crippen LogP contribution < -0.4 is 4.74 Å². The van der Waals surface area contributed by atoms with Crippen LogP contribution in [0.2, 0.25) is 5.02 Å². The molecule has 1 amide bonds.